The van der Waals surface area contributed by atoms with Crippen LogP contribution in [0.15, 0.2) is 0 Å². The third kappa shape index (κ3) is 3.66. The SMILES string of the molecule is CC1(C(=O)O)CCCC1NC(=O)NC1CCCS(=O)(=O)C1. The van der Waals surface area contributed by atoms with Gasteiger partial charge < -0.3 is 15.7 Å². The largest absolute Gasteiger partial charge is 0.481 e. The summed E-state index contributed by atoms with van der Waals surface area (Å²) in [5.74, 6) is -0.779. The highest BCUT2D eigenvalue weighted by atomic mass is 32.2. The van der Waals surface area contributed by atoms with E-state index in [9.17, 15) is 23.1 Å². The smallest absolute Gasteiger partial charge is 0.315 e. The Morgan fingerprint density at radius 1 is 1.19 bits per heavy atom. The maximum Gasteiger partial charge on any atom is 0.315 e. The summed E-state index contributed by atoms with van der Waals surface area (Å²) < 4.78 is 23.1. The van der Waals surface area contributed by atoms with Crippen molar-refractivity contribution in [3.8, 4) is 0 Å². The normalized spacial score (nSPS) is 35.1. The zero-order valence-corrected chi connectivity index (χ0v) is 12.9. The second kappa shape index (κ2) is 5.82. The maximum absolute atomic E-state index is 12.0. The van der Waals surface area contributed by atoms with Gasteiger partial charge >= 0.3 is 12.0 Å². The van der Waals surface area contributed by atoms with E-state index in [-0.39, 0.29) is 17.5 Å². The lowest BCUT2D eigenvalue weighted by Crippen LogP contribution is -2.53. The highest BCUT2D eigenvalue weighted by Crippen LogP contribution is 2.38. The number of urea groups is 1. The number of carboxylic acid groups (broad SMARTS) is 1. The fourth-order valence-electron chi connectivity index (χ4n) is 3.18. The van der Waals surface area contributed by atoms with Gasteiger partial charge in [0.2, 0.25) is 0 Å². The molecule has 0 aromatic rings. The van der Waals surface area contributed by atoms with E-state index in [2.05, 4.69) is 10.6 Å². The van der Waals surface area contributed by atoms with Gasteiger partial charge in [0.05, 0.1) is 16.9 Å². The molecule has 1 aliphatic carbocycles. The van der Waals surface area contributed by atoms with Crippen LogP contribution in [-0.2, 0) is 14.6 Å². The molecule has 8 heteroatoms. The molecule has 2 fully saturated rings. The molecule has 0 bridgehead atoms. The van der Waals surface area contributed by atoms with E-state index in [0.717, 1.165) is 6.42 Å². The number of rotatable bonds is 3. The van der Waals surface area contributed by atoms with Gasteiger partial charge in [-0.3, -0.25) is 4.79 Å². The van der Waals surface area contributed by atoms with Crippen LogP contribution in [0.4, 0.5) is 4.79 Å². The summed E-state index contributed by atoms with van der Waals surface area (Å²) in [6, 6.07) is -1.28. The molecule has 2 amide bonds. The molecule has 1 aliphatic heterocycles. The summed E-state index contributed by atoms with van der Waals surface area (Å²) in [6.07, 6.45) is 3.09. The van der Waals surface area contributed by atoms with Crippen LogP contribution in [-0.4, -0.2) is 49.1 Å². The second-order valence-corrected chi connectivity index (χ2v) is 8.47. The second-order valence-electron chi connectivity index (χ2n) is 6.24. The number of nitrogens with one attached hydrogen (secondary N) is 2. The van der Waals surface area contributed by atoms with E-state index in [0.29, 0.717) is 25.7 Å². The lowest BCUT2D eigenvalue weighted by Gasteiger charge is -2.29. The Hall–Kier alpha value is -1.31. The van der Waals surface area contributed by atoms with Crippen LogP contribution in [0.2, 0.25) is 0 Å². The molecule has 2 aliphatic rings. The minimum atomic E-state index is -3.08. The predicted octanol–water partition coefficient (Wildman–Crippen LogP) is 0.506. The Labute approximate surface area is 124 Å². The fraction of sp³-hybridized carbons (Fsp3) is 0.846. The number of sulfone groups is 1. The van der Waals surface area contributed by atoms with Gasteiger partial charge in [-0.25, -0.2) is 13.2 Å². The first-order valence-corrected chi connectivity index (χ1v) is 9.06. The van der Waals surface area contributed by atoms with Crippen LogP contribution in [0, 0.1) is 5.41 Å². The Kier molecular flexibility index (Phi) is 4.46. The molecule has 1 saturated carbocycles. The van der Waals surface area contributed by atoms with E-state index in [4.69, 9.17) is 0 Å². The summed E-state index contributed by atoms with van der Waals surface area (Å²) in [6.45, 7) is 1.64. The first-order valence-electron chi connectivity index (χ1n) is 7.24. The zero-order valence-electron chi connectivity index (χ0n) is 12.1. The molecule has 21 heavy (non-hydrogen) atoms. The molecule has 0 aromatic heterocycles. The lowest BCUT2D eigenvalue weighted by molar-refractivity contribution is -0.148. The molecule has 3 unspecified atom stereocenters. The van der Waals surface area contributed by atoms with Crippen molar-refractivity contribution in [3.05, 3.63) is 0 Å². The third-order valence-corrected chi connectivity index (χ3v) is 6.37. The Balaban J connectivity index is 1.91. The maximum atomic E-state index is 12.0. The van der Waals surface area contributed by atoms with Crippen LogP contribution in [0.25, 0.3) is 0 Å². The summed E-state index contributed by atoms with van der Waals surface area (Å²) >= 11 is 0. The van der Waals surface area contributed by atoms with E-state index in [1.165, 1.54) is 0 Å². The number of hydrogen-bond donors (Lipinski definition) is 3. The Bertz CT molecular complexity index is 533. The molecule has 3 atom stereocenters. The molecule has 0 spiro atoms. The molecule has 3 N–H and O–H groups in total. The topological polar surface area (TPSA) is 113 Å². The highest BCUT2D eigenvalue weighted by Gasteiger charge is 2.46. The quantitative estimate of drug-likeness (QED) is 0.701. The summed E-state index contributed by atoms with van der Waals surface area (Å²) in [4.78, 5) is 23.3. The molecule has 0 radical (unpaired) electrons. The van der Waals surface area contributed by atoms with Crippen molar-refractivity contribution in [2.75, 3.05) is 11.5 Å². The van der Waals surface area contributed by atoms with Crippen molar-refractivity contribution in [1.29, 1.82) is 0 Å². The van der Waals surface area contributed by atoms with Crippen molar-refractivity contribution in [1.82, 2.24) is 10.6 Å². The molecule has 1 heterocycles. The van der Waals surface area contributed by atoms with E-state index < -0.39 is 33.3 Å². The molecular formula is C13H22N2O5S. The Morgan fingerprint density at radius 3 is 2.52 bits per heavy atom. The first kappa shape index (κ1) is 16.1. The van der Waals surface area contributed by atoms with Gasteiger partial charge in [-0.05, 0) is 32.6 Å². The standard InChI is InChI=1S/C13H22N2O5S/c1-13(11(16)17)6-2-5-10(13)15-12(18)14-9-4-3-7-21(19,20)8-9/h9-10H,2-8H2,1H3,(H,16,17)(H2,14,15,18). The number of carbonyl (C=O) groups is 2. The summed E-state index contributed by atoms with van der Waals surface area (Å²) in [7, 11) is -3.08. The minimum Gasteiger partial charge on any atom is -0.481 e. The van der Waals surface area contributed by atoms with Crippen molar-refractivity contribution in [2.45, 2.75) is 51.1 Å². The van der Waals surface area contributed by atoms with Crippen molar-refractivity contribution in [2.24, 2.45) is 5.41 Å². The van der Waals surface area contributed by atoms with Crippen LogP contribution in [0.3, 0.4) is 0 Å². The van der Waals surface area contributed by atoms with E-state index >= 15 is 0 Å². The fourth-order valence-corrected chi connectivity index (χ4v) is 4.81. The first-order chi connectivity index (χ1) is 9.73. The van der Waals surface area contributed by atoms with Gasteiger partial charge in [0.1, 0.15) is 0 Å². The van der Waals surface area contributed by atoms with Gasteiger partial charge in [0, 0.05) is 12.1 Å². The predicted molar refractivity (Wildman–Crippen MR) is 76.7 cm³/mol. The third-order valence-electron chi connectivity index (χ3n) is 4.55. The number of amides is 2. The molecular weight excluding hydrogens is 296 g/mol. The zero-order chi connectivity index (χ0) is 15.7. The van der Waals surface area contributed by atoms with Crippen LogP contribution in [0.1, 0.15) is 39.0 Å². The van der Waals surface area contributed by atoms with Crippen molar-refractivity contribution < 1.29 is 23.1 Å². The van der Waals surface area contributed by atoms with Gasteiger partial charge in [0.15, 0.2) is 9.84 Å². The van der Waals surface area contributed by atoms with Crippen LogP contribution in [0.5, 0.6) is 0 Å². The average Bonchev–Trinajstić information content (AvgIpc) is 2.70. The lowest BCUT2D eigenvalue weighted by atomic mass is 9.85. The van der Waals surface area contributed by atoms with Gasteiger partial charge in [-0.15, -0.1) is 0 Å². The van der Waals surface area contributed by atoms with Gasteiger partial charge in [-0.2, -0.15) is 0 Å². The number of carboxylic acids is 1. The average molecular weight is 318 g/mol. The highest BCUT2D eigenvalue weighted by molar-refractivity contribution is 7.91. The molecule has 0 aromatic carbocycles. The number of carbonyl (C=O) groups excluding carboxylic acids is 1. The minimum absolute atomic E-state index is 0.0404. The van der Waals surface area contributed by atoms with Crippen LogP contribution >= 0.6 is 0 Å². The van der Waals surface area contributed by atoms with Crippen molar-refractivity contribution in [3.63, 3.8) is 0 Å². The molecule has 7 nitrogen and oxygen atoms in total. The molecule has 120 valence electrons. The van der Waals surface area contributed by atoms with Crippen LogP contribution < -0.4 is 10.6 Å². The molecule has 1 saturated heterocycles. The Morgan fingerprint density at radius 2 is 1.90 bits per heavy atom. The van der Waals surface area contributed by atoms with E-state index in [1.807, 2.05) is 0 Å². The summed E-state index contributed by atoms with van der Waals surface area (Å²) in [5, 5.41) is 14.7. The molecule has 2 rings (SSSR count). The van der Waals surface area contributed by atoms with Gasteiger partial charge in [-0.1, -0.05) is 6.42 Å². The van der Waals surface area contributed by atoms with Gasteiger partial charge in [0.25, 0.3) is 0 Å². The van der Waals surface area contributed by atoms with Crippen molar-refractivity contribution >= 4 is 21.8 Å². The number of aliphatic carboxylic acids is 1. The monoisotopic (exact) mass is 318 g/mol. The number of hydrogen-bond acceptors (Lipinski definition) is 4. The summed E-state index contributed by atoms with van der Waals surface area (Å²) in [5.41, 5.74) is -0.948. The van der Waals surface area contributed by atoms with E-state index in [1.54, 1.807) is 6.92 Å².